The Morgan fingerprint density at radius 3 is 2.65 bits per heavy atom. The van der Waals surface area contributed by atoms with Gasteiger partial charge in [-0.1, -0.05) is 30.3 Å². The molecule has 0 unspecified atom stereocenters. The molecule has 0 radical (unpaired) electrons. The van der Waals surface area contributed by atoms with E-state index in [0.717, 1.165) is 5.56 Å². The molecule has 0 atom stereocenters. The second-order valence-electron chi connectivity index (χ2n) is 4.39. The van der Waals surface area contributed by atoms with Crippen LogP contribution < -0.4 is 5.43 Å². The van der Waals surface area contributed by atoms with Crippen LogP contribution >= 0.6 is 0 Å². The van der Waals surface area contributed by atoms with Gasteiger partial charge in [0.05, 0.1) is 5.69 Å². The van der Waals surface area contributed by atoms with E-state index >= 15 is 0 Å². The SMILES string of the molecule is Cc1c(O)c(=O)ccn1CC(=O)OCc1ccccc1. The second kappa shape index (κ2) is 6.06. The first-order chi connectivity index (χ1) is 9.58. The Hall–Kier alpha value is -2.56. The third-order valence-corrected chi connectivity index (χ3v) is 2.95. The van der Waals surface area contributed by atoms with Gasteiger partial charge in [-0.15, -0.1) is 0 Å². The number of pyridine rings is 1. The van der Waals surface area contributed by atoms with Gasteiger partial charge in [0.2, 0.25) is 5.43 Å². The van der Waals surface area contributed by atoms with Crippen molar-refractivity contribution in [1.29, 1.82) is 0 Å². The van der Waals surface area contributed by atoms with Crippen molar-refractivity contribution in [1.82, 2.24) is 4.57 Å². The van der Waals surface area contributed by atoms with E-state index in [4.69, 9.17) is 4.74 Å². The molecular formula is C15H15NO4. The Bertz CT molecular complexity index is 661. The van der Waals surface area contributed by atoms with Gasteiger partial charge in [-0.25, -0.2) is 0 Å². The van der Waals surface area contributed by atoms with Gasteiger partial charge in [0, 0.05) is 12.3 Å². The zero-order chi connectivity index (χ0) is 14.5. The fraction of sp³-hybridized carbons (Fsp3) is 0.200. The number of aromatic hydroxyl groups is 1. The number of aromatic nitrogens is 1. The van der Waals surface area contributed by atoms with Crippen molar-refractivity contribution >= 4 is 5.97 Å². The molecule has 0 saturated carbocycles. The molecular weight excluding hydrogens is 258 g/mol. The third-order valence-electron chi connectivity index (χ3n) is 2.95. The Morgan fingerprint density at radius 2 is 1.95 bits per heavy atom. The number of benzene rings is 1. The smallest absolute Gasteiger partial charge is 0.326 e. The Balaban J connectivity index is 1.99. The van der Waals surface area contributed by atoms with Gasteiger partial charge >= 0.3 is 5.97 Å². The van der Waals surface area contributed by atoms with Crippen LogP contribution in [0.4, 0.5) is 0 Å². The maximum Gasteiger partial charge on any atom is 0.326 e. The maximum atomic E-state index is 11.7. The molecule has 1 N–H and O–H groups in total. The largest absolute Gasteiger partial charge is 0.503 e. The molecule has 1 aromatic heterocycles. The summed E-state index contributed by atoms with van der Waals surface area (Å²) in [5.41, 5.74) is 0.783. The summed E-state index contributed by atoms with van der Waals surface area (Å²) in [5.74, 6) is -0.775. The molecule has 0 fully saturated rings. The van der Waals surface area contributed by atoms with Crippen LogP contribution in [0.25, 0.3) is 0 Å². The molecule has 5 heteroatoms. The van der Waals surface area contributed by atoms with Crippen LogP contribution in [0.1, 0.15) is 11.3 Å². The molecule has 0 bridgehead atoms. The van der Waals surface area contributed by atoms with E-state index in [-0.39, 0.29) is 18.9 Å². The van der Waals surface area contributed by atoms with Crippen LogP contribution in [0.15, 0.2) is 47.4 Å². The highest BCUT2D eigenvalue weighted by Gasteiger charge is 2.09. The zero-order valence-corrected chi connectivity index (χ0v) is 11.1. The van der Waals surface area contributed by atoms with Gasteiger partial charge in [-0.05, 0) is 12.5 Å². The number of carbonyl (C=O) groups excluding carboxylic acids is 1. The molecule has 0 aliphatic carbocycles. The predicted octanol–water partition coefficient (Wildman–Crippen LogP) is 1.61. The highest BCUT2D eigenvalue weighted by Crippen LogP contribution is 2.09. The molecule has 1 aromatic carbocycles. The fourth-order valence-electron chi connectivity index (χ4n) is 1.76. The topological polar surface area (TPSA) is 68.5 Å². The predicted molar refractivity (Wildman–Crippen MR) is 73.3 cm³/mol. The maximum absolute atomic E-state index is 11.7. The van der Waals surface area contributed by atoms with E-state index in [2.05, 4.69) is 0 Å². The van der Waals surface area contributed by atoms with Crippen molar-refractivity contribution in [2.24, 2.45) is 0 Å². The average molecular weight is 273 g/mol. The minimum atomic E-state index is -0.462. The van der Waals surface area contributed by atoms with Crippen molar-refractivity contribution in [3.05, 3.63) is 64.1 Å². The summed E-state index contributed by atoms with van der Waals surface area (Å²) in [4.78, 5) is 22.9. The Morgan fingerprint density at radius 1 is 1.25 bits per heavy atom. The molecule has 0 aliphatic rings. The minimum Gasteiger partial charge on any atom is -0.503 e. The average Bonchev–Trinajstić information content (AvgIpc) is 2.47. The van der Waals surface area contributed by atoms with Crippen molar-refractivity contribution < 1.29 is 14.6 Å². The fourth-order valence-corrected chi connectivity index (χ4v) is 1.76. The monoisotopic (exact) mass is 273 g/mol. The molecule has 0 amide bonds. The van der Waals surface area contributed by atoms with E-state index < -0.39 is 11.4 Å². The first-order valence-electron chi connectivity index (χ1n) is 6.16. The van der Waals surface area contributed by atoms with E-state index in [1.807, 2.05) is 30.3 Å². The summed E-state index contributed by atoms with van der Waals surface area (Å²) < 4.78 is 6.61. The highest BCUT2D eigenvalue weighted by molar-refractivity contribution is 5.69. The van der Waals surface area contributed by atoms with Crippen LogP contribution in [0, 0.1) is 6.92 Å². The van der Waals surface area contributed by atoms with Gasteiger partial charge in [0.25, 0.3) is 0 Å². The molecule has 5 nitrogen and oxygen atoms in total. The molecule has 0 spiro atoms. The van der Waals surface area contributed by atoms with Crippen LogP contribution in [-0.4, -0.2) is 15.6 Å². The van der Waals surface area contributed by atoms with Crippen LogP contribution in [0.2, 0.25) is 0 Å². The third kappa shape index (κ3) is 3.26. The summed E-state index contributed by atoms with van der Waals surface area (Å²) >= 11 is 0. The highest BCUT2D eigenvalue weighted by atomic mass is 16.5. The minimum absolute atomic E-state index is 0.0491. The molecule has 2 aromatic rings. The summed E-state index contributed by atoms with van der Waals surface area (Å²) in [5, 5.41) is 9.52. The van der Waals surface area contributed by atoms with Crippen LogP contribution in [0.3, 0.4) is 0 Å². The lowest BCUT2D eigenvalue weighted by atomic mass is 10.2. The number of carbonyl (C=O) groups is 1. The lowest BCUT2D eigenvalue weighted by molar-refractivity contribution is -0.145. The number of esters is 1. The first-order valence-corrected chi connectivity index (χ1v) is 6.16. The summed E-state index contributed by atoms with van der Waals surface area (Å²) in [6, 6.07) is 10.6. The van der Waals surface area contributed by atoms with Gasteiger partial charge < -0.3 is 14.4 Å². The van der Waals surface area contributed by atoms with Crippen molar-refractivity contribution in [2.75, 3.05) is 0 Å². The lowest BCUT2D eigenvalue weighted by Crippen LogP contribution is -2.17. The number of ether oxygens (including phenoxy) is 1. The van der Waals surface area contributed by atoms with E-state index in [0.29, 0.717) is 5.69 Å². The Kier molecular flexibility index (Phi) is 4.20. The standard InChI is InChI=1S/C15H15NO4/c1-11-15(19)13(17)7-8-16(11)9-14(18)20-10-12-5-3-2-4-6-12/h2-8,19H,9-10H2,1H3. The zero-order valence-electron chi connectivity index (χ0n) is 11.1. The molecule has 1 heterocycles. The van der Waals surface area contributed by atoms with Gasteiger partial charge in [0.1, 0.15) is 13.2 Å². The number of hydrogen-bond donors (Lipinski definition) is 1. The van der Waals surface area contributed by atoms with Gasteiger partial charge in [-0.2, -0.15) is 0 Å². The van der Waals surface area contributed by atoms with Crippen molar-refractivity contribution in [3.8, 4) is 5.75 Å². The van der Waals surface area contributed by atoms with Crippen LogP contribution in [0.5, 0.6) is 5.75 Å². The molecule has 0 aliphatic heterocycles. The Labute approximate surface area is 116 Å². The normalized spacial score (nSPS) is 10.2. The quantitative estimate of drug-likeness (QED) is 0.859. The summed E-state index contributed by atoms with van der Waals surface area (Å²) in [6.07, 6.45) is 1.46. The molecule has 104 valence electrons. The molecule has 2 rings (SSSR count). The molecule has 20 heavy (non-hydrogen) atoms. The molecule has 0 saturated heterocycles. The van der Waals surface area contributed by atoms with E-state index in [1.54, 1.807) is 6.92 Å². The van der Waals surface area contributed by atoms with E-state index in [1.165, 1.54) is 16.8 Å². The van der Waals surface area contributed by atoms with Gasteiger partial charge in [-0.3, -0.25) is 9.59 Å². The second-order valence-corrected chi connectivity index (χ2v) is 4.39. The number of nitrogens with zero attached hydrogens (tertiary/aromatic N) is 1. The van der Waals surface area contributed by atoms with Crippen molar-refractivity contribution in [2.45, 2.75) is 20.1 Å². The van der Waals surface area contributed by atoms with Gasteiger partial charge in [0.15, 0.2) is 5.75 Å². The number of hydrogen-bond acceptors (Lipinski definition) is 4. The lowest BCUT2D eigenvalue weighted by Gasteiger charge is -2.11. The summed E-state index contributed by atoms with van der Waals surface area (Å²) in [6.45, 7) is 1.72. The van der Waals surface area contributed by atoms with Crippen LogP contribution in [-0.2, 0) is 22.7 Å². The van der Waals surface area contributed by atoms with E-state index in [9.17, 15) is 14.7 Å². The van der Waals surface area contributed by atoms with Crippen molar-refractivity contribution in [3.63, 3.8) is 0 Å². The summed E-state index contributed by atoms with van der Waals surface area (Å²) in [7, 11) is 0. The number of rotatable bonds is 4. The first kappa shape index (κ1) is 13.9.